The number of ketones is 1. The number of rotatable bonds is 7. The van der Waals surface area contributed by atoms with Crippen molar-refractivity contribution in [3.05, 3.63) is 76.6 Å². The summed E-state index contributed by atoms with van der Waals surface area (Å²) in [5.74, 6) is -1.09. The number of carboxylic acids is 1. The van der Waals surface area contributed by atoms with E-state index in [1.54, 1.807) is 17.4 Å². The molecule has 0 aliphatic heterocycles. The molecule has 0 saturated carbocycles. The lowest BCUT2D eigenvalue weighted by atomic mass is 10.0. The molecule has 0 radical (unpaired) electrons. The molecule has 0 aliphatic rings. The minimum Gasteiger partial charge on any atom is -0.481 e. The van der Waals surface area contributed by atoms with E-state index in [9.17, 15) is 18.0 Å². The first-order valence-corrected chi connectivity index (χ1v) is 11.9. The molecule has 0 fully saturated rings. The lowest BCUT2D eigenvalue weighted by Gasteiger charge is -2.08. The van der Waals surface area contributed by atoms with E-state index in [0.29, 0.717) is 22.0 Å². The second kappa shape index (κ2) is 8.13. The highest BCUT2D eigenvalue weighted by molar-refractivity contribution is 7.90. The first-order valence-electron chi connectivity index (χ1n) is 9.52. The molecule has 6 nitrogen and oxygen atoms in total. The van der Waals surface area contributed by atoms with Crippen molar-refractivity contribution in [2.24, 2.45) is 0 Å². The molecule has 0 aliphatic carbocycles. The Hall–Kier alpha value is -3.23. The van der Waals surface area contributed by atoms with Crippen LogP contribution in [-0.2, 0) is 21.2 Å². The minimum atomic E-state index is -3.93. The summed E-state index contributed by atoms with van der Waals surface area (Å²) < 4.78 is 27.9. The van der Waals surface area contributed by atoms with E-state index in [2.05, 4.69) is 0 Å². The van der Waals surface area contributed by atoms with Gasteiger partial charge in [0.25, 0.3) is 10.0 Å². The Labute approximate surface area is 183 Å². The van der Waals surface area contributed by atoms with Gasteiger partial charge in [-0.15, -0.1) is 0 Å². The number of aliphatic carboxylic acids is 1. The summed E-state index contributed by atoms with van der Waals surface area (Å²) in [4.78, 5) is 22.7. The Bertz CT molecular complexity index is 1380. The number of hydrogen-bond donors (Lipinski definition) is 1. The summed E-state index contributed by atoms with van der Waals surface area (Å²) in [7, 11) is -3.93. The van der Waals surface area contributed by atoms with Crippen LogP contribution in [0.3, 0.4) is 0 Å². The van der Waals surface area contributed by atoms with E-state index in [1.807, 2.05) is 29.0 Å². The third-order valence-corrected chi connectivity index (χ3v) is 7.50. The summed E-state index contributed by atoms with van der Waals surface area (Å²) in [6.45, 7) is 1.42. The quantitative estimate of drug-likeness (QED) is 0.405. The van der Waals surface area contributed by atoms with Crippen LogP contribution in [0, 0.1) is 0 Å². The number of carbonyl (C=O) groups excluding carboxylic acids is 1. The topological polar surface area (TPSA) is 93.4 Å². The van der Waals surface area contributed by atoms with Crippen molar-refractivity contribution >= 4 is 44.0 Å². The molecule has 0 atom stereocenters. The SMILES string of the molecule is CC(=O)c1ccc(S(=O)(=O)n2cc(CCC(=O)O)c3cc(-c4ccsc4)ccc32)cc1. The minimum absolute atomic E-state index is 0.0566. The number of thiophene rings is 1. The van der Waals surface area contributed by atoms with Crippen LogP contribution in [0.25, 0.3) is 22.0 Å². The Balaban J connectivity index is 1.86. The fourth-order valence-corrected chi connectivity index (χ4v) is 5.55. The predicted molar refractivity (Wildman–Crippen MR) is 120 cm³/mol. The first-order chi connectivity index (χ1) is 14.8. The van der Waals surface area contributed by atoms with Gasteiger partial charge in [0, 0.05) is 23.6 Å². The molecule has 2 heterocycles. The zero-order chi connectivity index (χ0) is 22.2. The molecule has 158 valence electrons. The maximum absolute atomic E-state index is 13.4. The number of carbonyl (C=O) groups is 2. The van der Waals surface area contributed by atoms with E-state index in [4.69, 9.17) is 5.11 Å². The van der Waals surface area contributed by atoms with Gasteiger partial charge in [0.2, 0.25) is 0 Å². The van der Waals surface area contributed by atoms with Gasteiger partial charge in [-0.3, -0.25) is 9.59 Å². The second-order valence-electron chi connectivity index (χ2n) is 7.17. The van der Waals surface area contributed by atoms with Gasteiger partial charge in [0.1, 0.15) is 0 Å². The van der Waals surface area contributed by atoms with Gasteiger partial charge in [0.05, 0.1) is 10.4 Å². The van der Waals surface area contributed by atoms with Crippen LogP contribution in [0.1, 0.15) is 29.3 Å². The van der Waals surface area contributed by atoms with E-state index in [1.165, 1.54) is 41.4 Å². The maximum Gasteiger partial charge on any atom is 0.303 e. The highest BCUT2D eigenvalue weighted by atomic mass is 32.2. The Morgan fingerprint density at radius 2 is 1.77 bits per heavy atom. The van der Waals surface area contributed by atoms with Crippen LogP contribution in [0.4, 0.5) is 0 Å². The molecule has 0 spiro atoms. The smallest absolute Gasteiger partial charge is 0.303 e. The number of aromatic nitrogens is 1. The van der Waals surface area contributed by atoms with Crippen LogP contribution in [0.15, 0.2) is 70.4 Å². The standard InChI is InChI=1S/C23H19NO5S2/c1-15(25)16-2-6-20(7-3-16)31(28,29)24-13-18(5-9-23(26)27)21-12-17(4-8-22(21)24)19-10-11-30-14-19/h2-4,6-8,10-14H,5,9H2,1H3,(H,26,27). The number of carboxylic acid groups (broad SMARTS) is 1. The van der Waals surface area contributed by atoms with E-state index < -0.39 is 16.0 Å². The summed E-state index contributed by atoms with van der Waals surface area (Å²) in [5, 5.41) is 13.8. The Morgan fingerprint density at radius 1 is 1.03 bits per heavy atom. The van der Waals surface area contributed by atoms with Crippen molar-refractivity contribution in [3.8, 4) is 11.1 Å². The van der Waals surface area contributed by atoms with Gasteiger partial charge in [0.15, 0.2) is 5.78 Å². The number of benzene rings is 2. The van der Waals surface area contributed by atoms with Gasteiger partial charge in [-0.2, -0.15) is 11.3 Å². The van der Waals surface area contributed by atoms with Gasteiger partial charge in [-0.25, -0.2) is 12.4 Å². The average Bonchev–Trinajstić information content (AvgIpc) is 3.40. The third-order valence-electron chi connectivity index (χ3n) is 5.13. The van der Waals surface area contributed by atoms with E-state index in [0.717, 1.165) is 11.1 Å². The van der Waals surface area contributed by atoms with Crippen LogP contribution < -0.4 is 0 Å². The predicted octanol–water partition coefficient (Wildman–Crippen LogP) is 4.83. The summed E-state index contributed by atoms with van der Waals surface area (Å²) in [6, 6.07) is 13.3. The maximum atomic E-state index is 13.4. The van der Waals surface area contributed by atoms with Crippen molar-refractivity contribution in [1.29, 1.82) is 0 Å². The fraction of sp³-hybridized carbons (Fsp3) is 0.130. The van der Waals surface area contributed by atoms with Gasteiger partial charge >= 0.3 is 5.97 Å². The molecule has 0 unspecified atom stereocenters. The number of hydrogen-bond acceptors (Lipinski definition) is 5. The van der Waals surface area contributed by atoms with Gasteiger partial charge < -0.3 is 5.11 Å². The molecule has 31 heavy (non-hydrogen) atoms. The molecule has 8 heteroatoms. The molecule has 4 rings (SSSR count). The molecular weight excluding hydrogens is 434 g/mol. The van der Waals surface area contributed by atoms with Gasteiger partial charge in [-0.05, 0) is 71.1 Å². The summed E-state index contributed by atoms with van der Waals surface area (Å²) in [6.07, 6.45) is 1.61. The summed E-state index contributed by atoms with van der Waals surface area (Å²) >= 11 is 1.57. The molecule has 2 aromatic heterocycles. The average molecular weight is 454 g/mol. The number of nitrogens with zero attached hydrogens (tertiary/aromatic N) is 1. The third kappa shape index (κ3) is 4.04. The van der Waals surface area contributed by atoms with Crippen molar-refractivity contribution in [3.63, 3.8) is 0 Å². The Morgan fingerprint density at radius 3 is 2.39 bits per heavy atom. The van der Waals surface area contributed by atoms with Crippen molar-refractivity contribution < 1.29 is 23.1 Å². The molecule has 0 amide bonds. The highest BCUT2D eigenvalue weighted by Gasteiger charge is 2.22. The molecule has 2 aromatic carbocycles. The summed E-state index contributed by atoms with van der Waals surface area (Å²) in [5.41, 5.74) is 3.52. The zero-order valence-corrected chi connectivity index (χ0v) is 18.2. The normalized spacial score (nSPS) is 11.6. The van der Waals surface area contributed by atoms with Crippen LogP contribution in [0.5, 0.6) is 0 Å². The molecule has 1 N–H and O–H groups in total. The van der Waals surface area contributed by atoms with Crippen LogP contribution in [0.2, 0.25) is 0 Å². The number of fused-ring (bicyclic) bond motifs is 1. The van der Waals surface area contributed by atoms with E-state index >= 15 is 0 Å². The molecule has 4 aromatic rings. The fourth-order valence-electron chi connectivity index (χ4n) is 3.49. The number of aryl methyl sites for hydroxylation is 1. The van der Waals surface area contributed by atoms with E-state index in [-0.39, 0.29) is 23.5 Å². The molecule has 0 saturated heterocycles. The largest absolute Gasteiger partial charge is 0.481 e. The number of Topliss-reactive ketones (excluding diaryl/α,β-unsaturated/α-hetero) is 1. The van der Waals surface area contributed by atoms with Crippen LogP contribution >= 0.6 is 11.3 Å². The van der Waals surface area contributed by atoms with Crippen molar-refractivity contribution in [1.82, 2.24) is 3.97 Å². The first kappa shape index (κ1) is 21.0. The van der Waals surface area contributed by atoms with Crippen LogP contribution in [-0.4, -0.2) is 29.2 Å². The Kier molecular flexibility index (Phi) is 5.51. The lowest BCUT2D eigenvalue weighted by Crippen LogP contribution is -2.12. The molecule has 0 bridgehead atoms. The lowest BCUT2D eigenvalue weighted by molar-refractivity contribution is -0.136. The molecular formula is C23H19NO5S2. The van der Waals surface area contributed by atoms with Gasteiger partial charge in [-0.1, -0.05) is 18.2 Å². The second-order valence-corrected chi connectivity index (χ2v) is 9.77. The zero-order valence-electron chi connectivity index (χ0n) is 16.6. The van der Waals surface area contributed by atoms with Crippen molar-refractivity contribution in [2.75, 3.05) is 0 Å². The van der Waals surface area contributed by atoms with Crippen molar-refractivity contribution in [2.45, 2.75) is 24.7 Å². The monoisotopic (exact) mass is 453 g/mol. The highest BCUT2D eigenvalue weighted by Crippen LogP contribution is 2.32.